The Morgan fingerprint density at radius 1 is 1.40 bits per heavy atom. The number of rotatable bonds is 4. The van der Waals surface area contributed by atoms with E-state index >= 15 is 0 Å². The minimum atomic E-state index is -0.550. The van der Waals surface area contributed by atoms with Crippen molar-refractivity contribution >= 4 is 17.5 Å². The number of ether oxygens (including phenoxy) is 1. The van der Waals surface area contributed by atoms with Crippen LogP contribution in [0.15, 0.2) is 18.2 Å². The van der Waals surface area contributed by atoms with Gasteiger partial charge in [0.05, 0.1) is 11.6 Å². The lowest BCUT2D eigenvalue weighted by molar-refractivity contribution is -0.138. The first-order chi connectivity index (χ1) is 9.61. The van der Waals surface area contributed by atoms with Gasteiger partial charge >= 0.3 is 0 Å². The molecule has 5 heteroatoms. The molecule has 1 unspecified atom stereocenters. The number of hydrogen-bond donors (Lipinski definition) is 1. The number of nitrogens with zero attached hydrogens (tertiary/aromatic N) is 1. The summed E-state index contributed by atoms with van der Waals surface area (Å²) in [5, 5.41) is 9.44. The molecule has 1 fully saturated rings. The molecule has 1 aromatic carbocycles. The standard InChI is InChI=1S/C15H20ClNO3/c1-11(15(19)17-7-3-2-4-8-17)20-14-6-5-12(10-18)9-13(14)16/h5-6,9,11,18H,2-4,7-8,10H2,1H3. The number of hydrogen-bond acceptors (Lipinski definition) is 3. The molecule has 4 nitrogen and oxygen atoms in total. The van der Waals surface area contributed by atoms with Crippen LogP contribution >= 0.6 is 11.6 Å². The lowest BCUT2D eigenvalue weighted by atomic mass is 10.1. The SMILES string of the molecule is CC(Oc1ccc(CO)cc1Cl)C(=O)N1CCCCC1. The van der Waals surface area contributed by atoms with Gasteiger partial charge in [-0.1, -0.05) is 17.7 Å². The zero-order chi connectivity index (χ0) is 14.5. The Morgan fingerprint density at radius 2 is 2.10 bits per heavy atom. The van der Waals surface area contributed by atoms with Crippen molar-refractivity contribution in [2.24, 2.45) is 0 Å². The van der Waals surface area contributed by atoms with Crippen LogP contribution in [0.4, 0.5) is 0 Å². The molecule has 1 amide bonds. The summed E-state index contributed by atoms with van der Waals surface area (Å²) in [6, 6.07) is 5.07. The summed E-state index contributed by atoms with van der Waals surface area (Å²) in [5.74, 6) is 0.480. The highest BCUT2D eigenvalue weighted by Crippen LogP contribution is 2.27. The molecular formula is C15H20ClNO3. The van der Waals surface area contributed by atoms with Crippen molar-refractivity contribution in [2.45, 2.75) is 38.9 Å². The predicted molar refractivity (Wildman–Crippen MR) is 77.9 cm³/mol. The van der Waals surface area contributed by atoms with Gasteiger partial charge in [-0.15, -0.1) is 0 Å². The van der Waals surface area contributed by atoms with E-state index in [4.69, 9.17) is 21.4 Å². The molecule has 0 aromatic heterocycles. The Balaban J connectivity index is 1.99. The van der Waals surface area contributed by atoms with Gasteiger partial charge in [0, 0.05) is 13.1 Å². The van der Waals surface area contributed by atoms with E-state index in [0.29, 0.717) is 10.8 Å². The first-order valence-corrected chi connectivity index (χ1v) is 7.34. The van der Waals surface area contributed by atoms with Gasteiger partial charge in [-0.2, -0.15) is 0 Å². The van der Waals surface area contributed by atoms with Crippen LogP contribution in [0.25, 0.3) is 0 Å². The summed E-state index contributed by atoms with van der Waals surface area (Å²) in [6.45, 7) is 3.29. The third kappa shape index (κ3) is 3.64. The lowest BCUT2D eigenvalue weighted by Gasteiger charge is -2.29. The van der Waals surface area contributed by atoms with Crippen LogP contribution in [-0.4, -0.2) is 35.1 Å². The molecule has 0 radical (unpaired) electrons. The van der Waals surface area contributed by atoms with E-state index in [0.717, 1.165) is 31.5 Å². The summed E-state index contributed by atoms with van der Waals surface area (Å²) in [4.78, 5) is 14.1. The summed E-state index contributed by atoms with van der Waals surface area (Å²) >= 11 is 6.08. The van der Waals surface area contributed by atoms with E-state index in [-0.39, 0.29) is 12.5 Å². The number of aliphatic hydroxyl groups is 1. The molecule has 0 aliphatic carbocycles. The third-order valence-corrected chi connectivity index (χ3v) is 3.79. The van der Waals surface area contributed by atoms with Gasteiger partial charge < -0.3 is 14.7 Å². The van der Waals surface area contributed by atoms with Crippen molar-refractivity contribution in [1.82, 2.24) is 4.90 Å². The first kappa shape index (κ1) is 15.1. The molecule has 1 heterocycles. The van der Waals surface area contributed by atoms with E-state index in [9.17, 15) is 4.79 Å². The molecule has 2 rings (SSSR count). The maximum absolute atomic E-state index is 12.3. The Bertz CT molecular complexity index is 472. The number of aliphatic hydroxyl groups excluding tert-OH is 1. The quantitative estimate of drug-likeness (QED) is 0.929. The molecule has 1 aromatic rings. The van der Waals surface area contributed by atoms with Crippen molar-refractivity contribution in [2.75, 3.05) is 13.1 Å². The number of carbonyl (C=O) groups is 1. The zero-order valence-corrected chi connectivity index (χ0v) is 12.4. The lowest BCUT2D eigenvalue weighted by Crippen LogP contribution is -2.43. The number of likely N-dealkylation sites (tertiary alicyclic amines) is 1. The van der Waals surface area contributed by atoms with Crippen molar-refractivity contribution < 1.29 is 14.6 Å². The van der Waals surface area contributed by atoms with Crippen LogP contribution in [0, 0.1) is 0 Å². The minimum absolute atomic E-state index is 0.00648. The smallest absolute Gasteiger partial charge is 0.263 e. The Morgan fingerprint density at radius 3 is 2.70 bits per heavy atom. The van der Waals surface area contributed by atoms with Crippen LogP contribution in [-0.2, 0) is 11.4 Å². The van der Waals surface area contributed by atoms with Gasteiger partial charge in [0.2, 0.25) is 0 Å². The summed E-state index contributed by atoms with van der Waals surface area (Å²) in [6.07, 6.45) is 2.76. The fraction of sp³-hybridized carbons (Fsp3) is 0.533. The Hall–Kier alpha value is -1.26. The van der Waals surface area contributed by atoms with Gasteiger partial charge in [-0.3, -0.25) is 4.79 Å². The highest BCUT2D eigenvalue weighted by atomic mass is 35.5. The largest absolute Gasteiger partial charge is 0.479 e. The van der Waals surface area contributed by atoms with E-state index in [1.807, 2.05) is 4.90 Å². The van der Waals surface area contributed by atoms with Crippen molar-refractivity contribution in [1.29, 1.82) is 0 Å². The Labute approximate surface area is 124 Å². The normalized spacial score (nSPS) is 16.9. The van der Waals surface area contributed by atoms with Crippen molar-refractivity contribution in [3.05, 3.63) is 28.8 Å². The fourth-order valence-corrected chi connectivity index (χ4v) is 2.60. The number of halogens is 1. The maximum Gasteiger partial charge on any atom is 0.263 e. The van der Waals surface area contributed by atoms with E-state index in [2.05, 4.69) is 0 Å². The molecular weight excluding hydrogens is 278 g/mol. The summed E-state index contributed by atoms with van der Waals surface area (Å²) in [5.41, 5.74) is 0.720. The van der Waals surface area contributed by atoms with Crippen molar-refractivity contribution in [3.63, 3.8) is 0 Å². The first-order valence-electron chi connectivity index (χ1n) is 6.96. The van der Waals surface area contributed by atoms with Crippen LogP contribution in [0.5, 0.6) is 5.75 Å². The second kappa shape index (κ2) is 6.95. The van der Waals surface area contributed by atoms with Crippen LogP contribution < -0.4 is 4.74 Å². The molecule has 0 spiro atoms. The molecule has 1 N–H and O–H groups in total. The molecule has 20 heavy (non-hydrogen) atoms. The van der Waals surface area contributed by atoms with Gasteiger partial charge in [0.1, 0.15) is 5.75 Å². The second-order valence-corrected chi connectivity index (χ2v) is 5.48. The van der Waals surface area contributed by atoms with Gasteiger partial charge in [0.25, 0.3) is 5.91 Å². The van der Waals surface area contributed by atoms with Crippen LogP contribution in [0.2, 0.25) is 5.02 Å². The molecule has 0 saturated carbocycles. The molecule has 1 aliphatic heterocycles. The van der Waals surface area contributed by atoms with Gasteiger partial charge in [0.15, 0.2) is 6.10 Å². The fourth-order valence-electron chi connectivity index (χ4n) is 2.35. The van der Waals surface area contributed by atoms with Crippen LogP contribution in [0.3, 0.4) is 0 Å². The summed E-state index contributed by atoms with van der Waals surface area (Å²) in [7, 11) is 0. The number of amides is 1. The van der Waals surface area contributed by atoms with E-state index in [1.54, 1.807) is 25.1 Å². The molecule has 1 aliphatic rings. The van der Waals surface area contributed by atoms with E-state index < -0.39 is 6.10 Å². The highest BCUT2D eigenvalue weighted by Gasteiger charge is 2.23. The second-order valence-electron chi connectivity index (χ2n) is 5.07. The van der Waals surface area contributed by atoms with Gasteiger partial charge in [-0.25, -0.2) is 0 Å². The molecule has 1 atom stereocenters. The monoisotopic (exact) mass is 297 g/mol. The minimum Gasteiger partial charge on any atom is -0.479 e. The zero-order valence-electron chi connectivity index (χ0n) is 11.6. The maximum atomic E-state index is 12.3. The topological polar surface area (TPSA) is 49.8 Å². The number of piperidine rings is 1. The average molecular weight is 298 g/mol. The molecule has 0 bridgehead atoms. The van der Waals surface area contributed by atoms with Gasteiger partial charge in [-0.05, 0) is 43.9 Å². The average Bonchev–Trinajstić information content (AvgIpc) is 2.49. The molecule has 110 valence electrons. The van der Waals surface area contributed by atoms with Crippen molar-refractivity contribution in [3.8, 4) is 5.75 Å². The number of carbonyl (C=O) groups excluding carboxylic acids is 1. The molecule has 1 saturated heterocycles. The third-order valence-electron chi connectivity index (χ3n) is 3.50. The highest BCUT2D eigenvalue weighted by molar-refractivity contribution is 6.32. The van der Waals surface area contributed by atoms with E-state index in [1.165, 1.54) is 6.42 Å². The predicted octanol–water partition coefficient (Wildman–Crippen LogP) is 2.61. The summed E-state index contributed by atoms with van der Waals surface area (Å²) < 4.78 is 5.65. The Kier molecular flexibility index (Phi) is 5.26. The van der Waals surface area contributed by atoms with Crippen LogP contribution in [0.1, 0.15) is 31.7 Å². The number of benzene rings is 1.